The van der Waals surface area contributed by atoms with Gasteiger partial charge in [0.15, 0.2) is 8.32 Å². The van der Waals surface area contributed by atoms with Gasteiger partial charge < -0.3 is 14.3 Å². The van der Waals surface area contributed by atoms with Crippen molar-refractivity contribution in [2.75, 3.05) is 18.5 Å². The molecule has 1 aliphatic heterocycles. The predicted octanol–water partition coefficient (Wildman–Crippen LogP) is 3.81. The van der Waals surface area contributed by atoms with E-state index in [1.165, 1.54) is 0 Å². The molecule has 7 heteroatoms. The maximum absolute atomic E-state index is 10.9. The van der Waals surface area contributed by atoms with E-state index in [1.807, 2.05) is 0 Å². The molecule has 2 rings (SSSR count). The summed E-state index contributed by atoms with van der Waals surface area (Å²) in [6, 6.07) is 3.38. The van der Waals surface area contributed by atoms with E-state index in [4.69, 9.17) is 14.3 Å². The molecule has 0 saturated carbocycles. The highest BCUT2D eigenvalue weighted by Crippen LogP contribution is 2.44. The van der Waals surface area contributed by atoms with E-state index in [2.05, 4.69) is 44.2 Å². The van der Waals surface area contributed by atoms with Gasteiger partial charge in [-0.05, 0) is 30.3 Å². The Morgan fingerprint density at radius 1 is 1.48 bits per heavy atom. The van der Waals surface area contributed by atoms with E-state index in [-0.39, 0.29) is 5.04 Å². The molecule has 1 unspecified atom stereocenters. The van der Waals surface area contributed by atoms with Crippen LogP contribution in [0.15, 0.2) is 18.3 Å². The van der Waals surface area contributed by atoms with Crippen LogP contribution in [0.4, 0.5) is 10.5 Å². The molecule has 1 saturated heterocycles. The number of rotatable bonds is 4. The minimum Gasteiger partial charge on any atom is -0.465 e. The highest BCUT2D eigenvalue weighted by molar-refractivity contribution is 6.74. The average Bonchev–Trinajstić information content (AvgIpc) is 2.86. The van der Waals surface area contributed by atoms with Crippen LogP contribution in [0, 0.1) is 0 Å². The van der Waals surface area contributed by atoms with Gasteiger partial charge in [-0.1, -0.05) is 20.8 Å². The van der Waals surface area contributed by atoms with Crippen molar-refractivity contribution in [3.8, 4) is 0 Å². The number of pyridine rings is 1. The third-order valence-electron chi connectivity index (χ3n) is 4.72. The molecule has 1 aliphatic rings. The van der Waals surface area contributed by atoms with Crippen LogP contribution < -0.4 is 5.32 Å². The van der Waals surface area contributed by atoms with Crippen LogP contribution in [-0.4, -0.2) is 37.7 Å². The first-order chi connectivity index (χ1) is 10.6. The molecule has 0 radical (unpaired) electrons. The molecule has 1 fully saturated rings. The Labute approximate surface area is 138 Å². The van der Waals surface area contributed by atoms with Gasteiger partial charge in [-0.3, -0.25) is 10.3 Å². The summed E-state index contributed by atoms with van der Waals surface area (Å²) in [6.07, 6.45) is 1.24. The standard InChI is InChI=1S/C16H26N2O4Si/c1-15(2,3)23(4,5)22-16(7-9-21-11-16)13-10-12(6-8-17-13)18-14(19)20/h6,8,10H,7,9,11H2,1-5H3,(H,17,18)(H,19,20). The Bertz CT molecular complexity index is 578. The van der Waals surface area contributed by atoms with Gasteiger partial charge in [-0.25, -0.2) is 4.79 Å². The Kier molecular flexibility index (Phi) is 4.84. The van der Waals surface area contributed by atoms with E-state index >= 15 is 0 Å². The number of aromatic nitrogens is 1. The Morgan fingerprint density at radius 3 is 2.70 bits per heavy atom. The minimum absolute atomic E-state index is 0.0690. The second-order valence-electron chi connectivity index (χ2n) is 7.52. The van der Waals surface area contributed by atoms with Crippen LogP contribution in [0.2, 0.25) is 18.1 Å². The highest BCUT2D eigenvalue weighted by Gasteiger charge is 2.48. The fraction of sp³-hybridized carbons (Fsp3) is 0.625. The van der Waals surface area contributed by atoms with Gasteiger partial charge in [0.25, 0.3) is 0 Å². The van der Waals surface area contributed by atoms with Gasteiger partial charge in [0.2, 0.25) is 0 Å². The van der Waals surface area contributed by atoms with Crippen LogP contribution in [0.1, 0.15) is 32.9 Å². The second-order valence-corrected chi connectivity index (χ2v) is 12.2. The predicted molar refractivity (Wildman–Crippen MR) is 91.3 cm³/mol. The first-order valence-corrected chi connectivity index (χ1v) is 10.7. The summed E-state index contributed by atoms with van der Waals surface area (Å²) in [5, 5.41) is 11.3. The van der Waals surface area contributed by atoms with E-state index in [0.717, 1.165) is 12.1 Å². The Balaban J connectivity index is 2.36. The molecule has 128 valence electrons. The lowest BCUT2D eigenvalue weighted by Crippen LogP contribution is -2.49. The first kappa shape index (κ1) is 17.9. The van der Waals surface area contributed by atoms with E-state index in [1.54, 1.807) is 18.3 Å². The van der Waals surface area contributed by atoms with Crippen molar-refractivity contribution in [1.82, 2.24) is 4.98 Å². The monoisotopic (exact) mass is 338 g/mol. The summed E-state index contributed by atoms with van der Waals surface area (Å²) in [7, 11) is -2.03. The van der Waals surface area contributed by atoms with Crippen LogP contribution in [0.3, 0.4) is 0 Å². The molecular formula is C16H26N2O4Si. The number of hydrogen-bond donors (Lipinski definition) is 2. The van der Waals surface area contributed by atoms with Crippen molar-refractivity contribution in [3.63, 3.8) is 0 Å². The quantitative estimate of drug-likeness (QED) is 0.816. The zero-order valence-corrected chi connectivity index (χ0v) is 15.5. The van der Waals surface area contributed by atoms with Gasteiger partial charge in [0, 0.05) is 24.9 Å². The van der Waals surface area contributed by atoms with Crippen LogP contribution in [0.25, 0.3) is 0 Å². The number of amides is 1. The van der Waals surface area contributed by atoms with Crippen molar-refractivity contribution in [3.05, 3.63) is 24.0 Å². The lowest BCUT2D eigenvalue weighted by atomic mass is 9.98. The van der Waals surface area contributed by atoms with E-state index in [0.29, 0.717) is 18.9 Å². The number of nitrogens with zero attached hydrogens (tertiary/aromatic N) is 1. The Morgan fingerprint density at radius 2 is 2.17 bits per heavy atom. The molecule has 23 heavy (non-hydrogen) atoms. The molecule has 2 heterocycles. The zero-order valence-electron chi connectivity index (χ0n) is 14.5. The topological polar surface area (TPSA) is 80.7 Å². The first-order valence-electron chi connectivity index (χ1n) is 7.80. The molecular weight excluding hydrogens is 312 g/mol. The van der Waals surface area contributed by atoms with Crippen molar-refractivity contribution in [2.24, 2.45) is 0 Å². The third-order valence-corrected chi connectivity index (χ3v) is 9.23. The fourth-order valence-corrected chi connectivity index (χ4v) is 3.95. The number of carbonyl (C=O) groups is 1. The number of ether oxygens (including phenoxy) is 1. The fourth-order valence-electron chi connectivity index (χ4n) is 2.40. The molecule has 1 aromatic heterocycles. The Hall–Kier alpha value is -1.44. The zero-order chi connectivity index (χ0) is 17.3. The summed E-state index contributed by atoms with van der Waals surface area (Å²) >= 11 is 0. The van der Waals surface area contributed by atoms with Crippen molar-refractivity contribution >= 4 is 20.1 Å². The van der Waals surface area contributed by atoms with Crippen molar-refractivity contribution in [2.45, 2.75) is 50.9 Å². The SMILES string of the molecule is CC(C)(C)[Si](C)(C)OC1(c2cc(NC(=O)O)ccn2)CCOC1. The number of nitrogens with one attached hydrogen (secondary N) is 1. The largest absolute Gasteiger partial charge is 0.465 e. The van der Waals surface area contributed by atoms with Gasteiger partial charge in [0.1, 0.15) is 5.60 Å². The molecule has 6 nitrogen and oxygen atoms in total. The summed E-state index contributed by atoms with van der Waals surface area (Å²) in [4.78, 5) is 15.3. The number of carboxylic acid groups (broad SMARTS) is 1. The third kappa shape index (κ3) is 3.91. The number of anilines is 1. The molecule has 0 bridgehead atoms. The maximum atomic E-state index is 10.9. The van der Waals surface area contributed by atoms with Gasteiger partial charge in [-0.15, -0.1) is 0 Å². The number of hydrogen-bond acceptors (Lipinski definition) is 4. The highest BCUT2D eigenvalue weighted by atomic mass is 28.4. The lowest BCUT2D eigenvalue weighted by Gasteiger charge is -2.43. The van der Waals surface area contributed by atoms with Crippen molar-refractivity contribution < 1.29 is 19.1 Å². The summed E-state index contributed by atoms with van der Waals surface area (Å²) in [5.74, 6) is 0. The molecule has 1 aromatic rings. The molecule has 2 N–H and O–H groups in total. The van der Waals surface area contributed by atoms with Crippen LogP contribution in [-0.2, 0) is 14.8 Å². The molecule has 0 spiro atoms. The summed E-state index contributed by atoms with van der Waals surface area (Å²) in [6.45, 7) is 12.0. The summed E-state index contributed by atoms with van der Waals surface area (Å²) in [5.41, 5.74) is 0.623. The van der Waals surface area contributed by atoms with E-state index in [9.17, 15) is 4.79 Å². The van der Waals surface area contributed by atoms with Gasteiger partial charge in [0.05, 0.1) is 12.3 Å². The molecule has 1 amide bonds. The molecule has 1 atom stereocenters. The summed E-state index contributed by atoms with van der Waals surface area (Å²) < 4.78 is 12.3. The minimum atomic E-state index is -2.03. The maximum Gasteiger partial charge on any atom is 0.409 e. The van der Waals surface area contributed by atoms with Crippen LogP contribution in [0.5, 0.6) is 0 Å². The van der Waals surface area contributed by atoms with E-state index < -0.39 is 20.0 Å². The molecule has 0 aliphatic carbocycles. The van der Waals surface area contributed by atoms with Crippen LogP contribution >= 0.6 is 0 Å². The average molecular weight is 338 g/mol. The lowest BCUT2D eigenvalue weighted by molar-refractivity contribution is 0.0308. The van der Waals surface area contributed by atoms with Crippen molar-refractivity contribution in [1.29, 1.82) is 0 Å². The van der Waals surface area contributed by atoms with Gasteiger partial charge in [-0.2, -0.15) is 0 Å². The smallest absolute Gasteiger partial charge is 0.409 e. The normalized spacial score (nSPS) is 22.1. The molecule has 0 aromatic carbocycles. The van der Waals surface area contributed by atoms with Gasteiger partial charge >= 0.3 is 6.09 Å². The second kappa shape index (κ2) is 6.22.